The third-order valence-corrected chi connectivity index (χ3v) is 5.99. The molecule has 1 aromatic rings. The summed E-state index contributed by atoms with van der Waals surface area (Å²) in [5.74, 6) is -1.79. The summed E-state index contributed by atoms with van der Waals surface area (Å²) in [5.41, 5.74) is 0.170. The Bertz CT molecular complexity index is 759. The van der Waals surface area contributed by atoms with Crippen LogP contribution in [0.3, 0.4) is 0 Å². The number of hydrogen-bond donors (Lipinski definition) is 1. The van der Waals surface area contributed by atoms with E-state index < -0.39 is 17.5 Å². The normalized spacial score (nSPS) is 24.0. The number of likely N-dealkylation sites (tertiary alicyclic amines) is 1. The van der Waals surface area contributed by atoms with Crippen molar-refractivity contribution in [2.75, 3.05) is 13.2 Å². The van der Waals surface area contributed by atoms with Crippen molar-refractivity contribution >= 4 is 23.3 Å². The lowest BCUT2D eigenvalue weighted by atomic mass is 9.76. The number of piperidine rings is 1. The molecule has 7 heteroatoms. The number of nitrogens with zero attached hydrogens (tertiary/aromatic N) is 1. The van der Waals surface area contributed by atoms with Gasteiger partial charge in [0.1, 0.15) is 5.82 Å². The standard InChI is InChI=1S/C21H28ClFN2O3/c1-20(2)9-14(10-21(3,4)25(20)11-15-12-28-15)24-19(27)18(26)8-13-5-6-16(22)17(23)7-13/h5-7,14-15H,8-12H2,1-4H3,(H,24,27). The number of nitrogens with one attached hydrogen (secondary N) is 1. The van der Waals surface area contributed by atoms with Crippen molar-refractivity contribution in [3.05, 3.63) is 34.6 Å². The largest absolute Gasteiger partial charge is 0.372 e. The average molecular weight is 411 g/mol. The first-order valence-corrected chi connectivity index (χ1v) is 10.0. The molecule has 28 heavy (non-hydrogen) atoms. The van der Waals surface area contributed by atoms with Gasteiger partial charge in [0.15, 0.2) is 0 Å². The molecule has 1 N–H and O–H groups in total. The number of hydrogen-bond acceptors (Lipinski definition) is 4. The first-order valence-electron chi connectivity index (χ1n) is 9.65. The van der Waals surface area contributed by atoms with E-state index in [1.54, 1.807) is 6.07 Å². The van der Waals surface area contributed by atoms with Crippen LogP contribution >= 0.6 is 11.6 Å². The fourth-order valence-electron chi connectivity index (χ4n) is 4.47. The highest BCUT2D eigenvalue weighted by atomic mass is 35.5. The number of carbonyl (C=O) groups is 2. The molecule has 0 radical (unpaired) electrons. The zero-order valence-corrected chi connectivity index (χ0v) is 17.6. The monoisotopic (exact) mass is 410 g/mol. The van der Waals surface area contributed by atoms with E-state index in [0.29, 0.717) is 11.7 Å². The van der Waals surface area contributed by atoms with Crippen LogP contribution in [0.15, 0.2) is 18.2 Å². The van der Waals surface area contributed by atoms with Crippen molar-refractivity contribution in [3.63, 3.8) is 0 Å². The van der Waals surface area contributed by atoms with Crippen LogP contribution in [0.25, 0.3) is 0 Å². The molecule has 2 heterocycles. The Kier molecular flexibility index (Phi) is 5.86. The minimum absolute atomic E-state index is 0.00605. The van der Waals surface area contributed by atoms with Gasteiger partial charge in [0.2, 0.25) is 5.78 Å². The van der Waals surface area contributed by atoms with Crippen molar-refractivity contribution in [1.29, 1.82) is 0 Å². The van der Waals surface area contributed by atoms with E-state index in [0.717, 1.165) is 26.0 Å². The summed E-state index contributed by atoms with van der Waals surface area (Å²) < 4.78 is 19.0. The maximum absolute atomic E-state index is 13.5. The van der Waals surface area contributed by atoms with E-state index >= 15 is 0 Å². The van der Waals surface area contributed by atoms with Crippen LogP contribution < -0.4 is 5.32 Å². The molecule has 1 amide bonds. The van der Waals surface area contributed by atoms with Gasteiger partial charge >= 0.3 is 0 Å². The Morgan fingerprint density at radius 2 is 1.86 bits per heavy atom. The molecule has 3 rings (SSSR count). The molecule has 0 aliphatic carbocycles. The lowest BCUT2D eigenvalue weighted by Gasteiger charge is -2.55. The third-order valence-electron chi connectivity index (χ3n) is 5.68. The topological polar surface area (TPSA) is 61.9 Å². The third kappa shape index (κ3) is 4.91. The van der Waals surface area contributed by atoms with Crippen LogP contribution in [0, 0.1) is 5.82 Å². The van der Waals surface area contributed by atoms with Gasteiger partial charge in [-0.3, -0.25) is 14.5 Å². The Morgan fingerprint density at radius 1 is 1.25 bits per heavy atom. The van der Waals surface area contributed by atoms with Gasteiger partial charge in [-0.05, 0) is 58.2 Å². The molecule has 5 nitrogen and oxygen atoms in total. The van der Waals surface area contributed by atoms with Gasteiger partial charge in [-0.25, -0.2) is 4.39 Å². The Balaban J connectivity index is 1.61. The molecule has 0 spiro atoms. The molecule has 1 aromatic carbocycles. The predicted octanol–water partition coefficient (Wildman–Crippen LogP) is 3.13. The molecule has 2 fully saturated rings. The molecule has 0 aromatic heterocycles. The van der Waals surface area contributed by atoms with Crippen molar-refractivity contribution < 1.29 is 18.7 Å². The summed E-state index contributed by atoms with van der Waals surface area (Å²) in [5, 5.41) is 2.89. The van der Waals surface area contributed by atoms with Gasteiger partial charge in [-0.1, -0.05) is 17.7 Å². The molecule has 0 saturated carbocycles. The fourth-order valence-corrected chi connectivity index (χ4v) is 4.59. The summed E-state index contributed by atoms with van der Waals surface area (Å²) in [6, 6.07) is 4.04. The number of benzene rings is 1. The smallest absolute Gasteiger partial charge is 0.287 e. The number of ether oxygens (including phenoxy) is 1. The zero-order chi connectivity index (χ0) is 20.7. The van der Waals surface area contributed by atoms with Crippen LogP contribution in [-0.2, 0) is 20.7 Å². The van der Waals surface area contributed by atoms with E-state index in [1.165, 1.54) is 12.1 Å². The molecule has 0 bridgehead atoms. The van der Waals surface area contributed by atoms with Crippen LogP contribution in [0.1, 0.15) is 46.1 Å². The SMILES string of the molecule is CC1(C)CC(NC(=O)C(=O)Cc2ccc(Cl)c(F)c2)CC(C)(C)N1CC1CO1. The van der Waals surface area contributed by atoms with Gasteiger partial charge in [-0.15, -0.1) is 0 Å². The van der Waals surface area contributed by atoms with E-state index in [1.807, 2.05) is 0 Å². The lowest BCUT2D eigenvalue weighted by Crippen LogP contribution is -2.65. The van der Waals surface area contributed by atoms with Crippen molar-refractivity contribution in [3.8, 4) is 0 Å². The van der Waals surface area contributed by atoms with Crippen LogP contribution in [0.2, 0.25) is 5.02 Å². The van der Waals surface area contributed by atoms with Gasteiger partial charge in [-0.2, -0.15) is 0 Å². The van der Waals surface area contributed by atoms with E-state index in [9.17, 15) is 14.0 Å². The summed E-state index contributed by atoms with van der Waals surface area (Å²) >= 11 is 5.66. The van der Waals surface area contributed by atoms with Crippen molar-refractivity contribution in [2.45, 2.75) is 70.2 Å². The Morgan fingerprint density at radius 3 is 2.39 bits per heavy atom. The summed E-state index contributed by atoms with van der Waals surface area (Å²) in [6.07, 6.45) is 1.64. The van der Waals surface area contributed by atoms with Gasteiger partial charge in [0.25, 0.3) is 5.91 Å². The molecule has 1 atom stereocenters. The minimum Gasteiger partial charge on any atom is -0.372 e. The van der Waals surface area contributed by atoms with Gasteiger partial charge < -0.3 is 10.1 Å². The van der Waals surface area contributed by atoms with E-state index in [-0.39, 0.29) is 28.6 Å². The molecular weight excluding hydrogens is 383 g/mol. The summed E-state index contributed by atoms with van der Waals surface area (Å²) in [7, 11) is 0. The number of Topliss-reactive ketones (excluding diaryl/α,β-unsaturated/α-hetero) is 1. The first kappa shape index (κ1) is 21.2. The molecule has 2 aliphatic heterocycles. The van der Waals surface area contributed by atoms with Crippen LogP contribution in [0.4, 0.5) is 4.39 Å². The number of epoxide rings is 1. The number of rotatable bonds is 6. The molecule has 154 valence electrons. The maximum Gasteiger partial charge on any atom is 0.287 e. The predicted molar refractivity (Wildman–Crippen MR) is 106 cm³/mol. The number of carbonyl (C=O) groups excluding carboxylic acids is 2. The second-order valence-electron chi connectivity index (χ2n) is 9.12. The molecular formula is C21H28ClFN2O3. The van der Waals surface area contributed by atoms with Crippen molar-refractivity contribution in [2.24, 2.45) is 0 Å². The van der Waals surface area contributed by atoms with E-state index in [4.69, 9.17) is 16.3 Å². The molecule has 2 saturated heterocycles. The molecule has 2 aliphatic rings. The number of halogens is 2. The second-order valence-corrected chi connectivity index (χ2v) is 9.53. The zero-order valence-electron chi connectivity index (χ0n) is 16.9. The summed E-state index contributed by atoms with van der Waals surface area (Å²) in [6.45, 7) is 10.3. The van der Waals surface area contributed by atoms with E-state index in [2.05, 4.69) is 37.9 Å². The van der Waals surface area contributed by atoms with Gasteiger partial charge in [0, 0.05) is 30.1 Å². The van der Waals surface area contributed by atoms with Crippen molar-refractivity contribution in [1.82, 2.24) is 10.2 Å². The highest BCUT2D eigenvalue weighted by Gasteiger charge is 2.47. The Labute approximate surface area is 170 Å². The van der Waals surface area contributed by atoms with Gasteiger partial charge in [0.05, 0.1) is 17.7 Å². The number of amides is 1. The number of ketones is 1. The molecule has 1 unspecified atom stereocenters. The minimum atomic E-state index is -0.620. The highest BCUT2D eigenvalue weighted by molar-refractivity contribution is 6.36. The second kappa shape index (κ2) is 7.73. The fraction of sp³-hybridized carbons (Fsp3) is 0.619. The quantitative estimate of drug-likeness (QED) is 0.578. The first-order chi connectivity index (χ1) is 13.0. The summed E-state index contributed by atoms with van der Waals surface area (Å²) in [4.78, 5) is 27.2. The lowest BCUT2D eigenvalue weighted by molar-refractivity contribution is -0.139. The highest BCUT2D eigenvalue weighted by Crippen LogP contribution is 2.39. The average Bonchev–Trinajstić information content (AvgIpc) is 3.38. The maximum atomic E-state index is 13.5. The van der Waals surface area contributed by atoms with Crippen LogP contribution in [-0.4, -0.2) is 53.0 Å². The Hall–Kier alpha value is -1.50. The van der Waals surface area contributed by atoms with Crippen LogP contribution in [0.5, 0.6) is 0 Å².